The Kier molecular flexibility index (Phi) is 3.29. The number of rotatable bonds is 3. The van der Waals surface area contributed by atoms with Gasteiger partial charge in [-0.3, -0.25) is 4.79 Å². The lowest BCUT2D eigenvalue weighted by molar-refractivity contribution is 0.0937. The molecule has 1 rings (SSSR count). The van der Waals surface area contributed by atoms with E-state index >= 15 is 0 Å². The molecule has 14 heavy (non-hydrogen) atoms. The van der Waals surface area contributed by atoms with Crippen molar-refractivity contribution in [3.05, 3.63) is 24.2 Å². The Hall–Kier alpha value is -1.76. The van der Waals surface area contributed by atoms with Crippen molar-refractivity contribution in [2.75, 3.05) is 0 Å². The van der Waals surface area contributed by atoms with Gasteiger partial charge >= 0.3 is 0 Å². The maximum Gasteiger partial charge on any atom is 0.255 e. The van der Waals surface area contributed by atoms with Crippen LogP contribution in [0.4, 0.5) is 0 Å². The van der Waals surface area contributed by atoms with Crippen molar-refractivity contribution in [2.24, 2.45) is 5.92 Å². The molecule has 1 atom stereocenters. The van der Waals surface area contributed by atoms with Crippen molar-refractivity contribution < 1.29 is 9.21 Å². The predicted molar refractivity (Wildman–Crippen MR) is 50.4 cm³/mol. The fourth-order valence-corrected chi connectivity index (χ4v) is 0.966. The monoisotopic (exact) mass is 192 g/mol. The second kappa shape index (κ2) is 4.47. The molecule has 0 radical (unpaired) electrons. The largest absolute Gasteiger partial charge is 0.472 e. The Labute approximate surface area is 82.5 Å². The summed E-state index contributed by atoms with van der Waals surface area (Å²) in [5.41, 5.74) is 0.436. The Morgan fingerprint density at radius 1 is 1.64 bits per heavy atom. The van der Waals surface area contributed by atoms with E-state index in [4.69, 9.17) is 9.68 Å². The molecule has 1 unspecified atom stereocenters. The molecule has 1 heterocycles. The summed E-state index contributed by atoms with van der Waals surface area (Å²) in [6.07, 6.45) is 2.77. The molecule has 0 fully saturated rings. The number of carbonyl (C=O) groups is 1. The number of nitrogens with one attached hydrogen (secondary N) is 1. The highest BCUT2D eigenvalue weighted by molar-refractivity contribution is 5.94. The summed E-state index contributed by atoms with van der Waals surface area (Å²) < 4.78 is 4.77. The van der Waals surface area contributed by atoms with Crippen LogP contribution in [0.1, 0.15) is 24.2 Å². The standard InChI is InChI=1S/C10H12N2O2/c1-7(2)9(5-11)12-10(13)8-3-4-14-6-8/h3-4,6-7,9H,1-2H3,(H,12,13). The van der Waals surface area contributed by atoms with E-state index in [1.165, 1.54) is 12.5 Å². The molecule has 1 aromatic rings. The van der Waals surface area contributed by atoms with Crippen LogP contribution in [-0.2, 0) is 0 Å². The summed E-state index contributed by atoms with van der Waals surface area (Å²) in [7, 11) is 0. The van der Waals surface area contributed by atoms with Crippen molar-refractivity contribution in [1.29, 1.82) is 5.26 Å². The number of nitrogens with zero attached hydrogens (tertiary/aromatic N) is 1. The smallest absolute Gasteiger partial charge is 0.255 e. The first-order valence-corrected chi connectivity index (χ1v) is 4.38. The maximum atomic E-state index is 11.5. The van der Waals surface area contributed by atoms with E-state index in [-0.39, 0.29) is 11.8 Å². The number of hydrogen-bond acceptors (Lipinski definition) is 3. The molecule has 4 heteroatoms. The Morgan fingerprint density at radius 3 is 2.79 bits per heavy atom. The highest BCUT2D eigenvalue weighted by Gasteiger charge is 2.16. The van der Waals surface area contributed by atoms with Gasteiger partial charge in [0.25, 0.3) is 5.91 Å². The van der Waals surface area contributed by atoms with E-state index in [0.717, 1.165) is 0 Å². The van der Waals surface area contributed by atoms with Gasteiger partial charge in [-0.25, -0.2) is 0 Å². The number of carbonyl (C=O) groups excluding carboxylic acids is 1. The molecule has 1 aromatic heterocycles. The zero-order chi connectivity index (χ0) is 10.6. The van der Waals surface area contributed by atoms with E-state index in [2.05, 4.69) is 5.32 Å². The van der Waals surface area contributed by atoms with Crippen molar-refractivity contribution in [3.63, 3.8) is 0 Å². The van der Waals surface area contributed by atoms with Crippen LogP contribution in [0, 0.1) is 17.2 Å². The Morgan fingerprint density at radius 2 is 2.36 bits per heavy atom. The van der Waals surface area contributed by atoms with Crippen LogP contribution in [0.25, 0.3) is 0 Å². The molecule has 0 aliphatic carbocycles. The summed E-state index contributed by atoms with van der Waals surface area (Å²) >= 11 is 0. The van der Waals surface area contributed by atoms with Crippen LogP contribution in [-0.4, -0.2) is 11.9 Å². The molecule has 74 valence electrons. The molecule has 0 saturated carbocycles. The average Bonchev–Trinajstić information content (AvgIpc) is 2.65. The van der Waals surface area contributed by atoms with E-state index in [1.54, 1.807) is 6.07 Å². The SMILES string of the molecule is CC(C)C(C#N)NC(=O)c1ccoc1. The molecule has 1 N–H and O–H groups in total. The molecule has 0 aromatic carbocycles. The lowest BCUT2D eigenvalue weighted by atomic mass is 10.1. The van der Waals surface area contributed by atoms with Crippen LogP contribution in [0.2, 0.25) is 0 Å². The van der Waals surface area contributed by atoms with Gasteiger partial charge in [0.1, 0.15) is 12.3 Å². The van der Waals surface area contributed by atoms with E-state index < -0.39 is 6.04 Å². The van der Waals surface area contributed by atoms with Crippen LogP contribution in [0.3, 0.4) is 0 Å². The van der Waals surface area contributed by atoms with Gasteiger partial charge in [0.15, 0.2) is 0 Å². The number of amides is 1. The highest BCUT2D eigenvalue weighted by Crippen LogP contribution is 2.04. The van der Waals surface area contributed by atoms with E-state index in [1.807, 2.05) is 19.9 Å². The molecule has 4 nitrogen and oxygen atoms in total. The van der Waals surface area contributed by atoms with Gasteiger partial charge in [0.2, 0.25) is 0 Å². The minimum atomic E-state index is -0.461. The van der Waals surface area contributed by atoms with Crippen LogP contribution in [0.5, 0.6) is 0 Å². The quantitative estimate of drug-likeness (QED) is 0.790. The molecule has 0 spiro atoms. The molecular weight excluding hydrogens is 180 g/mol. The summed E-state index contributed by atoms with van der Waals surface area (Å²) in [5.74, 6) is -0.185. The van der Waals surface area contributed by atoms with Crippen molar-refractivity contribution in [3.8, 4) is 6.07 Å². The van der Waals surface area contributed by atoms with Crippen molar-refractivity contribution in [1.82, 2.24) is 5.32 Å². The van der Waals surface area contributed by atoms with Crippen LogP contribution < -0.4 is 5.32 Å². The molecule has 1 amide bonds. The van der Waals surface area contributed by atoms with Crippen molar-refractivity contribution >= 4 is 5.91 Å². The fourth-order valence-electron chi connectivity index (χ4n) is 0.966. The summed E-state index contributed by atoms with van der Waals surface area (Å²) in [6, 6.07) is 3.13. The third kappa shape index (κ3) is 2.36. The first-order valence-electron chi connectivity index (χ1n) is 4.38. The molecule has 0 aliphatic rings. The van der Waals surface area contributed by atoms with Gasteiger partial charge in [0.05, 0.1) is 17.9 Å². The number of hydrogen-bond donors (Lipinski definition) is 1. The van der Waals surface area contributed by atoms with Gasteiger partial charge < -0.3 is 9.73 Å². The van der Waals surface area contributed by atoms with E-state index in [0.29, 0.717) is 5.56 Å². The van der Waals surface area contributed by atoms with Gasteiger partial charge in [-0.15, -0.1) is 0 Å². The zero-order valence-corrected chi connectivity index (χ0v) is 8.15. The fraction of sp³-hybridized carbons (Fsp3) is 0.400. The lowest BCUT2D eigenvalue weighted by Crippen LogP contribution is -2.37. The summed E-state index contributed by atoms with van der Waals surface area (Å²) in [4.78, 5) is 11.5. The van der Waals surface area contributed by atoms with Gasteiger partial charge in [-0.1, -0.05) is 13.8 Å². The van der Waals surface area contributed by atoms with E-state index in [9.17, 15) is 4.79 Å². The topological polar surface area (TPSA) is 66.0 Å². The van der Waals surface area contributed by atoms with Crippen LogP contribution in [0.15, 0.2) is 23.0 Å². The third-order valence-electron chi connectivity index (χ3n) is 1.88. The zero-order valence-electron chi connectivity index (χ0n) is 8.15. The molecule has 0 bridgehead atoms. The first kappa shape index (κ1) is 10.3. The van der Waals surface area contributed by atoms with Crippen LogP contribution >= 0.6 is 0 Å². The second-order valence-electron chi connectivity index (χ2n) is 3.34. The Balaban J connectivity index is 2.61. The maximum absolute atomic E-state index is 11.5. The highest BCUT2D eigenvalue weighted by atomic mass is 16.3. The van der Waals surface area contributed by atoms with Crippen molar-refractivity contribution in [2.45, 2.75) is 19.9 Å². The lowest BCUT2D eigenvalue weighted by Gasteiger charge is -2.13. The number of furan rings is 1. The minimum absolute atomic E-state index is 0.0934. The summed E-state index contributed by atoms with van der Waals surface area (Å²) in [6.45, 7) is 3.76. The van der Waals surface area contributed by atoms with Gasteiger partial charge in [-0.05, 0) is 12.0 Å². The minimum Gasteiger partial charge on any atom is -0.472 e. The first-order chi connectivity index (χ1) is 6.65. The average molecular weight is 192 g/mol. The molecule has 0 saturated heterocycles. The molecular formula is C10H12N2O2. The Bertz CT molecular complexity index is 336. The molecule has 0 aliphatic heterocycles. The van der Waals surface area contributed by atoms with Gasteiger partial charge in [-0.2, -0.15) is 5.26 Å². The normalized spacial score (nSPS) is 12.1. The predicted octanol–water partition coefficient (Wildman–Crippen LogP) is 1.56. The third-order valence-corrected chi connectivity index (χ3v) is 1.88. The van der Waals surface area contributed by atoms with Gasteiger partial charge in [0, 0.05) is 0 Å². The summed E-state index contributed by atoms with van der Waals surface area (Å²) in [5, 5.41) is 11.4. The number of nitriles is 1. The second-order valence-corrected chi connectivity index (χ2v) is 3.34.